The molecule has 0 bridgehead atoms. The van der Waals surface area contributed by atoms with E-state index in [-0.39, 0.29) is 17.5 Å². The van der Waals surface area contributed by atoms with E-state index < -0.39 is 45.0 Å². The van der Waals surface area contributed by atoms with Gasteiger partial charge in [0, 0.05) is 35.9 Å². The van der Waals surface area contributed by atoms with Gasteiger partial charge in [-0.05, 0) is 85.9 Å². The van der Waals surface area contributed by atoms with Crippen LogP contribution in [0.15, 0.2) is 48.5 Å². The minimum atomic E-state index is -4.60. The van der Waals surface area contributed by atoms with Crippen LogP contribution in [0.25, 0.3) is 0 Å². The molecule has 0 spiro atoms. The van der Waals surface area contributed by atoms with Gasteiger partial charge in [0.2, 0.25) is 21.9 Å². The van der Waals surface area contributed by atoms with Crippen LogP contribution in [0.4, 0.5) is 30.8 Å². The van der Waals surface area contributed by atoms with Crippen LogP contribution in [0.1, 0.15) is 48.0 Å². The van der Waals surface area contributed by atoms with Gasteiger partial charge < -0.3 is 20.3 Å². The summed E-state index contributed by atoms with van der Waals surface area (Å²) in [6, 6.07) is 12.5. The Bertz CT molecular complexity index is 1740. The molecule has 1 aromatic heterocycles. The number of carbonyl (C=O) groups excluding carboxylic acids is 1. The second-order valence-electron chi connectivity index (χ2n) is 12.7. The van der Waals surface area contributed by atoms with Crippen molar-refractivity contribution in [2.45, 2.75) is 48.6 Å². The van der Waals surface area contributed by atoms with Gasteiger partial charge in [-0.2, -0.15) is 28.1 Å². The lowest BCUT2D eigenvalue weighted by molar-refractivity contribution is -0.154. The predicted molar refractivity (Wildman–Crippen MR) is 163 cm³/mol. The number of fused-ring (bicyclic) bond motifs is 1. The van der Waals surface area contributed by atoms with E-state index in [0.717, 1.165) is 31.5 Å². The molecule has 3 aliphatic carbocycles. The van der Waals surface area contributed by atoms with Crippen LogP contribution in [0, 0.1) is 11.8 Å². The molecule has 4 fully saturated rings. The molecule has 1 saturated heterocycles. The second-order valence-corrected chi connectivity index (χ2v) is 15.2. The molecule has 11 nitrogen and oxygen atoms in total. The maximum absolute atomic E-state index is 13.2. The molecule has 0 radical (unpaired) electrons. The van der Waals surface area contributed by atoms with E-state index in [1.54, 1.807) is 12.1 Å². The molecule has 4 aliphatic rings. The minimum Gasteiger partial charge on any atom is -0.454 e. The Morgan fingerprint density at radius 2 is 1.61 bits per heavy atom. The lowest BCUT2D eigenvalue weighted by atomic mass is 10.1. The van der Waals surface area contributed by atoms with Gasteiger partial charge in [-0.25, -0.2) is 13.1 Å². The average Bonchev–Trinajstić information content (AvgIpc) is 3.94. The number of aromatic nitrogens is 3. The molecule has 2 heterocycles. The van der Waals surface area contributed by atoms with E-state index in [1.165, 1.54) is 30.7 Å². The zero-order valence-electron chi connectivity index (χ0n) is 24.5. The summed E-state index contributed by atoms with van der Waals surface area (Å²) < 4.78 is 71.2. The van der Waals surface area contributed by atoms with Gasteiger partial charge in [0.1, 0.15) is 4.75 Å². The predicted octanol–water partition coefficient (Wildman–Crippen LogP) is 4.85. The van der Waals surface area contributed by atoms with Crippen LogP contribution in [0.5, 0.6) is 6.01 Å². The van der Waals surface area contributed by atoms with E-state index in [1.807, 2.05) is 12.1 Å². The number of amides is 1. The van der Waals surface area contributed by atoms with Crippen LogP contribution in [0.3, 0.4) is 0 Å². The maximum atomic E-state index is 13.2. The molecule has 7 rings (SSSR count). The number of anilines is 3. The third kappa shape index (κ3) is 6.72. The Balaban J connectivity index is 1.03. The number of piperidine rings is 1. The topological polar surface area (TPSA) is 138 Å². The Morgan fingerprint density at radius 1 is 0.957 bits per heavy atom. The first kappa shape index (κ1) is 30.9. The molecular formula is C30H31ClF3N7O4S. The SMILES string of the molecule is O=C(NS(=O)(=O)C1(CN2CC3CC3C2)CC1)c1ccc(Nc2nc(NC3(c4ccc(Cl)cc4)CC3)nc(OCC(F)(F)F)n2)cc1. The molecule has 2 aromatic carbocycles. The highest BCUT2D eigenvalue weighted by Crippen LogP contribution is 2.50. The fraction of sp³-hybridized carbons (Fsp3) is 0.467. The summed E-state index contributed by atoms with van der Waals surface area (Å²) in [5.41, 5.74) is 0.912. The number of carbonyl (C=O) groups is 1. The minimum absolute atomic E-state index is 0.00305. The standard InChI is InChI=1S/C30H31ClF3N7O4S/c31-22-5-3-21(4-6-22)29(11-12-29)39-26-36-25(37-27(38-26)45-17-30(32,33)34)35-23-7-1-18(2-8-23)24(42)40-46(43,44)28(9-10-28)16-41-14-19-13-20(19)15-41/h1-8,19-20H,9-17H2,(H,40,42)(H2,35,36,37,38,39). The van der Waals surface area contributed by atoms with Crippen LogP contribution >= 0.6 is 11.6 Å². The zero-order chi connectivity index (χ0) is 32.3. The van der Waals surface area contributed by atoms with Crippen molar-refractivity contribution in [2.24, 2.45) is 11.8 Å². The molecule has 3 aromatic rings. The van der Waals surface area contributed by atoms with Crippen LogP contribution in [-0.2, 0) is 15.6 Å². The van der Waals surface area contributed by atoms with Crippen molar-refractivity contribution in [3.63, 3.8) is 0 Å². The monoisotopic (exact) mass is 677 g/mol. The molecule has 16 heteroatoms. The van der Waals surface area contributed by atoms with Crippen LogP contribution in [-0.4, -0.2) is 71.3 Å². The number of hydrogen-bond acceptors (Lipinski definition) is 10. The van der Waals surface area contributed by atoms with Crippen molar-refractivity contribution >= 4 is 45.1 Å². The number of hydrogen-bond donors (Lipinski definition) is 3. The molecule has 3 N–H and O–H groups in total. The van der Waals surface area contributed by atoms with Gasteiger partial charge in [-0.1, -0.05) is 23.7 Å². The Morgan fingerprint density at radius 3 is 2.22 bits per heavy atom. The second kappa shape index (κ2) is 11.2. The first-order valence-corrected chi connectivity index (χ1v) is 16.8. The number of nitrogens with one attached hydrogen (secondary N) is 3. The highest BCUT2D eigenvalue weighted by Gasteiger charge is 2.58. The largest absolute Gasteiger partial charge is 0.454 e. The van der Waals surface area contributed by atoms with Crippen molar-refractivity contribution in [3.05, 3.63) is 64.7 Å². The van der Waals surface area contributed by atoms with Crippen LogP contribution < -0.4 is 20.1 Å². The number of nitrogens with zero attached hydrogens (tertiary/aromatic N) is 4. The molecule has 1 amide bonds. The first-order chi connectivity index (χ1) is 21.8. The number of halogens is 4. The molecule has 244 valence electrons. The van der Waals surface area contributed by atoms with Gasteiger partial charge in [-0.15, -0.1) is 0 Å². The fourth-order valence-corrected chi connectivity index (χ4v) is 7.78. The first-order valence-electron chi connectivity index (χ1n) is 15.0. The number of likely N-dealkylation sites (tertiary alicyclic amines) is 1. The molecule has 2 atom stereocenters. The molecule has 1 aliphatic heterocycles. The summed E-state index contributed by atoms with van der Waals surface area (Å²) in [5.74, 6) is 0.529. The quantitative estimate of drug-likeness (QED) is 0.244. The zero-order valence-corrected chi connectivity index (χ0v) is 26.1. The number of ether oxygens (including phenoxy) is 1. The molecule has 3 saturated carbocycles. The summed E-state index contributed by atoms with van der Waals surface area (Å²) in [6.07, 6.45) is -0.874. The lowest BCUT2D eigenvalue weighted by Gasteiger charge is -2.24. The summed E-state index contributed by atoms with van der Waals surface area (Å²) in [6.45, 7) is 0.680. The lowest BCUT2D eigenvalue weighted by Crippen LogP contribution is -2.46. The Kier molecular flexibility index (Phi) is 7.55. The van der Waals surface area contributed by atoms with E-state index in [2.05, 4.69) is 35.2 Å². The van der Waals surface area contributed by atoms with Crippen molar-refractivity contribution < 1.29 is 31.1 Å². The molecular weight excluding hydrogens is 647 g/mol. The molecule has 46 heavy (non-hydrogen) atoms. The summed E-state index contributed by atoms with van der Waals surface area (Å²) in [5, 5.41) is 6.66. The number of sulfonamides is 1. The smallest absolute Gasteiger partial charge is 0.422 e. The third-order valence-electron chi connectivity index (χ3n) is 9.05. The summed E-state index contributed by atoms with van der Waals surface area (Å²) in [7, 11) is -3.89. The van der Waals surface area contributed by atoms with Crippen molar-refractivity contribution in [1.82, 2.24) is 24.6 Å². The van der Waals surface area contributed by atoms with Gasteiger partial charge in [0.15, 0.2) is 6.61 Å². The molecule has 2 unspecified atom stereocenters. The van der Waals surface area contributed by atoms with Crippen molar-refractivity contribution in [1.29, 1.82) is 0 Å². The van der Waals surface area contributed by atoms with E-state index in [4.69, 9.17) is 16.3 Å². The fourth-order valence-electron chi connectivity index (χ4n) is 6.08. The summed E-state index contributed by atoms with van der Waals surface area (Å²) in [4.78, 5) is 27.5. The van der Waals surface area contributed by atoms with Crippen molar-refractivity contribution in [2.75, 3.05) is 36.9 Å². The third-order valence-corrected chi connectivity index (χ3v) is 11.4. The van der Waals surface area contributed by atoms with E-state index >= 15 is 0 Å². The Hall–Kier alpha value is -3.69. The number of rotatable bonds is 12. The van der Waals surface area contributed by atoms with Gasteiger partial charge in [0.05, 0.1) is 5.54 Å². The average molecular weight is 678 g/mol. The normalized spacial score (nSPS) is 22.4. The van der Waals surface area contributed by atoms with Gasteiger partial charge in [-0.3, -0.25) is 4.79 Å². The van der Waals surface area contributed by atoms with Gasteiger partial charge >= 0.3 is 12.2 Å². The van der Waals surface area contributed by atoms with E-state index in [0.29, 0.717) is 41.9 Å². The summed E-state index contributed by atoms with van der Waals surface area (Å²) >= 11 is 6.02. The van der Waals surface area contributed by atoms with E-state index in [9.17, 15) is 26.4 Å². The number of benzene rings is 2. The Labute approximate surface area is 268 Å². The maximum Gasteiger partial charge on any atom is 0.422 e. The van der Waals surface area contributed by atoms with Gasteiger partial charge in [0.25, 0.3) is 5.91 Å². The highest BCUT2D eigenvalue weighted by atomic mass is 35.5. The van der Waals surface area contributed by atoms with Crippen LogP contribution in [0.2, 0.25) is 5.02 Å². The van der Waals surface area contributed by atoms with Crippen molar-refractivity contribution in [3.8, 4) is 6.01 Å². The number of alkyl halides is 3. The highest BCUT2D eigenvalue weighted by molar-refractivity contribution is 7.91.